The molecule has 0 aliphatic carbocycles. The average Bonchev–Trinajstić information content (AvgIpc) is 3.25. The Morgan fingerprint density at radius 2 is 1.71 bits per heavy atom. The van der Waals surface area contributed by atoms with E-state index in [4.69, 9.17) is 4.74 Å². The van der Waals surface area contributed by atoms with Crippen molar-refractivity contribution in [3.05, 3.63) is 72.1 Å². The molecule has 1 amide bonds. The quantitative estimate of drug-likeness (QED) is 0.682. The van der Waals surface area contributed by atoms with Crippen molar-refractivity contribution < 1.29 is 9.53 Å². The van der Waals surface area contributed by atoms with Crippen molar-refractivity contribution >= 4 is 5.91 Å². The molecule has 144 valence electrons. The third kappa shape index (κ3) is 4.04. The number of piperazine rings is 1. The smallest absolute Gasteiger partial charge is 0.276 e. The molecule has 3 aromatic rings. The number of hydrogen-bond donors (Lipinski definition) is 0. The zero-order chi connectivity index (χ0) is 19.3. The molecule has 1 fully saturated rings. The predicted octanol–water partition coefficient (Wildman–Crippen LogP) is 2.23. The minimum atomic E-state index is -0.0636. The van der Waals surface area contributed by atoms with E-state index in [1.165, 1.54) is 5.56 Å². The molecule has 7 heteroatoms. The van der Waals surface area contributed by atoms with Crippen LogP contribution in [0.15, 0.2) is 60.8 Å². The fourth-order valence-corrected chi connectivity index (χ4v) is 3.33. The van der Waals surface area contributed by atoms with Gasteiger partial charge in [-0.15, -0.1) is 5.10 Å². The minimum absolute atomic E-state index is 0.0636. The number of rotatable bonds is 5. The first-order valence-electron chi connectivity index (χ1n) is 9.35. The summed E-state index contributed by atoms with van der Waals surface area (Å²) in [6, 6.07) is 17.8. The van der Waals surface area contributed by atoms with E-state index in [-0.39, 0.29) is 5.91 Å². The normalized spacial score (nSPS) is 14.8. The maximum absolute atomic E-state index is 12.8. The largest absolute Gasteiger partial charge is 0.497 e. The third-order valence-electron chi connectivity index (χ3n) is 4.96. The van der Waals surface area contributed by atoms with Crippen molar-refractivity contribution in [3.63, 3.8) is 0 Å². The Kier molecular flexibility index (Phi) is 5.34. The fourth-order valence-electron chi connectivity index (χ4n) is 3.33. The maximum atomic E-state index is 12.8. The number of methoxy groups -OCH3 is 1. The van der Waals surface area contributed by atoms with E-state index in [1.807, 2.05) is 47.4 Å². The van der Waals surface area contributed by atoms with Gasteiger partial charge in [0.1, 0.15) is 5.75 Å². The molecular formula is C21H23N5O2. The molecule has 7 nitrogen and oxygen atoms in total. The lowest BCUT2D eigenvalue weighted by Crippen LogP contribution is -2.48. The summed E-state index contributed by atoms with van der Waals surface area (Å²) in [5.41, 5.74) is 2.51. The van der Waals surface area contributed by atoms with Crippen LogP contribution in [-0.4, -0.2) is 64.0 Å². The number of carbonyl (C=O) groups is 1. The molecule has 1 aliphatic rings. The Morgan fingerprint density at radius 1 is 1.00 bits per heavy atom. The van der Waals surface area contributed by atoms with Crippen molar-refractivity contribution in [2.75, 3.05) is 33.3 Å². The first kappa shape index (κ1) is 18.2. The number of hydrogen-bond acceptors (Lipinski definition) is 5. The second-order valence-electron chi connectivity index (χ2n) is 6.80. The van der Waals surface area contributed by atoms with Crippen LogP contribution in [0.5, 0.6) is 5.75 Å². The number of ether oxygens (including phenoxy) is 1. The summed E-state index contributed by atoms with van der Waals surface area (Å²) in [5.74, 6) is 0.800. The highest BCUT2D eigenvalue weighted by atomic mass is 16.5. The lowest BCUT2D eigenvalue weighted by Gasteiger charge is -2.34. The van der Waals surface area contributed by atoms with Crippen molar-refractivity contribution in [3.8, 4) is 11.4 Å². The summed E-state index contributed by atoms with van der Waals surface area (Å²) >= 11 is 0. The number of nitrogens with zero attached hydrogens (tertiary/aromatic N) is 5. The molecule has 0 bridgehead atoms. The van der Waals surface area contributed by atoms with Gasteiger partial charge in [0.05, 0.1) is 19.0 Å². The second kappa shape index (κ2) is 8.22. The van der Waals surface area contributed by atoms with Gasteiger partial charge in [0.2, 0.25) is 0 Å². The van der Waals surface area contributed by atoms with Gasteiger partial charge in [0, 0.05) is 32.7 Å². The van der Waals surface area contributed by atoms with Crippen LogP contribution in [0.4, 0.5) is 0 Å². The first-order valence-corrected chi connectivity index (χ1v) is 9.35. The van der Waals surface area contributed by atoms with Gasteiger partial charge in [-0.1, -0.05) is 35.5 Å². The molecule has 1 aromatic heterocycles. The number of para-hydroxylation sites is 1. The molecule has 1 aliphatic heterocycles. The molecule has 0 saturated carbocycles. The molecule has 4 rings (SSSR count). The average molecular weight is 377 g/mol. The first-order chi connectivity index (χ1) is 13.7. The molecule has 0 spiro atoms. The molecule has 2 aromatic carbocycles. The van der Waals surface area contributed by atoms with Crippen molar-refractivity contribution in [1.82, 2.24) is 24.8 Å². The van der Waals surface area contributed by atoms with Gasteiger partial charge >= 0.3 is 0 Å². The van der Waals surface area contributed by atoms with Gasteiger partial charge in [-0.3, -0.25) is 9.69 Å². The van der Waals surface area contributed by atoms with Crippen LogP contribution in [-0.2, 0) is 6.54 Å². The Bertz CT molecular complexity index is 915. The fraction of sp³-hybridized carbons (Fsp3) is 0.286. The minimum Gasteiger partial charge on any atom is -0.497 e. The lowest BCUT2D eigenvalue weighted by atomic mass is 10.2. The van der Waals surface area contributed by atoms with Gasteiger partial charge < -0.3 is 9.64 Å². The van der Waals surface area contributed by atoms with E-state index >= 15 is 0 Å². The Hall–Kier alpha value is -3.19. The van der Waals surface area contributed by atoms with Gasteiger partial charge in [-0.2, -0.15) is 0 Å². The Balaban J connectivity index is 1.33. The molecule has 0 unspecified atom stereocenters. The van der Waals surface area contributed by atoms with E-state index in [9.17, 15) is 4.79 Å². The van der Waals surface area contributed by atoms with E-state index in [2.05, 4.69) is 27.3 Å². The van der Waals surface area contributed by atoms with Crippen molar-refractivity contribution in [1.29, 1.82) is 0 Å². The van der Waals surface area contributed by atoms with E-state index in [0.717, 1.165) is 31.1 Å². The van der Waals surface area contributed by atoms with Gasteiger partial charge in [0.25, 0.3) is 5.91 Å². The SMILES string of the molecule is COc1ccc(CN2CCN(C(=O)c3cn(-c4ccccc4)nn3)CC2)cc1. The van der Waals surface area contributed by atoms with Crippen molar-refractivity contribution in [2.45, 2.75) is 6.54 Å². The summed E-state index contributed by atoms with van der Waals surface area (Å²) in [4.78, 5) is 17.0. The number of aromatic nitrogens is 3. The Labute approximate surface area is 164 Å². The van der Waals surface area contributed by atoms with E-state index in [0.29, 0.717) is 18.8 Å². The highest BCUT2D eigenvalue weighted by molar-refractivity contribution is 5.92. The zero-order valence-corrected chi connectivity index (χ0v) is 15.9. The van der Waals surface area contributed by atoms with Crippen LogP contribution in [0, 0.1) is 0 Å². The van der Waals surface area contributed by atoms with Crippen LogP contribution in [0.3, 0.4) is 0 Å². The maximum Gasteiger partial charge on any atom is 0.276 e. The third-order valence-corrected chi connectivity index (χ3v) is 4.96. The predicted molar refractivity (Wildman–Crippen MR) is 106 cm³/mol. The van der Waals surface area contributed by atoms with Gasteiger partial charge in [0.15, 0.2) is 5.69 Å². The van der Waals surface area contributed by atoms with Crippen LogP contribution in [0.25, 0.3) is 5.69 Å². The summed E-state index contributed by atoms with van der Waals surface area (Å²) in [6.07, 6.45) is 1.70. The van der Waals surface area contributed by atoms with E-state index in [1.54, 1.807) is 18.0 Å². The van der Waals surface area contributed by atoms with Crippen molar-refractivity contribution in [2.24, 2.45) is 0 Å². The number of benzene rings is 2. The highest BCUT2D eigenvalue weighted by Gasteiger charge is 2.24. The molecule has 2 heterocycles. The summed E-state index contributed by atoms with van der Waals surface area (Å²) in [5, 5.41) is 8.15. The summed E-state index contributed by atoms with van der Waals surface area (Å²) < 4.78 is 6.83. The molecular weight excluding hydrogens is 354 g/mol. The zero-order valence-electron chi connectivity index (χ0n) is 15.9. The molecule has 28 heavy (non-hydrogen) atoms. The monoisotopic (exact) mass is 377 g/mol. The standard InChI is InChI=1S/C21H23N5O2/c1-28-19-9-7-17(8-10-19)15-24-11-13-25(14-12-24)21(27)20-16-26(23-22-20)18-5-3-2-4-6-18/h2-10,16H,11-15H2,1H3. The molecule has 0 radical (unpaired) electrons. The van der Waals surface area contributed by atoms with Crippen LogP contribution in [0.1, 0.15) is 16.1 Å². The van der Waals surface area contributed by atoms with Crippen LogP contribution in [0.2, 0.25) is 0 Å². The van der Waals surface area contributed by atoms with Crippen LogP contribution >= 0.6 is 0 Å². The van der Waals surface area contributed by atoms with Crippen LogP contribution < -0.4 is 4.74 Å². The topological polar surface area (TPSA) is 63.5 Å². The number of amides is 1. The molecule has 0 N–H and O–H groups in total. The van der Waals surface area contributed by atoms with E-state index < -0.39 is 0 Å². The second-order valence-corrected chi connectivity index (χ2v) is 6.80. The lowest BCUT2D eigenvalue weighted by molar-refractivity contribution is 0.0622. The summed E-state index contributed by atoms with van der Waals surface area (Å²) in [6.45, 7) is 3.92. The molecule has 1 saturated heterocycles. The summed E-state index contributed by atoms with van der Waals surface area (Å²) in [7, 11) is 1.67. The highest BCUT2D eigenvalue weighted by Crippen LogP contribution is 2.15. The van der Waals surface area contributed by atoms with Gasteiger partial charge in [-0.25, -0.2) is 4.68 Å². The Morgan fingerprint density at radius 3 is 2.39 bits per heavy atom. The number of carbonyl (C=O) groups excluding carboxylic acids is 1. The molecule has 0 atom stereocenters. The van der Waals surface area contributed by atoms with Gasteiger partial charge in [-0.05, 0) is 29.8 Å².